The molecule has 0 fully saturated rings. The lowest BCUT2D eigenvalue weighted by Crippen LogP contribution is -2.35. The summed E-state index contributed by atoms with van der Waals surface area (Å²) in [4.78, 5) is 20.3. The Morgan fingerprint density at radius 2 is 1.81 bits per heavy atom. The lowest BCUT2D eigenvalue weighted by molar-refractivity contribution is -0.139. The second-order valence-electron chi connectivity index (χ2n) is 6.46. The van der Waals surface area contributed by atoms with E-state index in [1.54, 1.807) is 13.2 Å². The summed E-state index contributed by atoms with van der Waals surface area (Å²) in [5.74, 6) is -0.854. The molecule has 0 aliphatic rings. The topological polar surface area (TPSA) is 75.1 Å². The predicted octanol–water partition coefficient (Wildman–Crippen LogP) is 3.67. The SMILES string of the molecule is CNC(Cc1cccc2c(-c3nccc4ccncc34)cccc12)C(=O)O. The minimum absolute atomic E-state index is 0.414. The largest absolute Gasteiger partial charge is 0.480 e. The molecule has 2 aromatic carbocycles. The summed E-state index contributed by atoms with van der Waals surface area (Å²) < 4.78 is 0. The van der Waals surface area contributed by atoms with Gasteiger partial charge in [-0.25, -0.2) is 0 Å². The Morgan fingerprint density at radius 1 is 1.04 bits per heavy atom. The van der Waals surface area contributed by atoms with E-state index < -0.39 is 12.0 Å². The number of carbonyl (C=O) groups is 1. The number of hydrogen-bond donors (Lipinski definition) is 2. The fourth-order valence-electron chi connectivity index (χ4n) is 3.52. The fourth-order valence-corrected chi connectivity index (χ4v) is 3.52. The number of hydrogen-bond acceptors (Lipinski definition) is 4. The smallest absolute Gasteiger partial charge is 0.321 e. The number of nitrogens with zero attached hydrogens (tertiary/aromatic N) is 2. The van der Waals surface area contributed by atoms with Gasteiger partial charge in [0, 0.05) is 29.5 Å². The first-order chi connectivity index (χ1) is 13.2. The summed E-state index contributed by atoms with van der Waals surface area (Å²) in [5.41, 5.74) is 2.89. The first-order valence-electron chi connectivity index (χ1n) is 8.79. The van der Waals surface area contributed by atoms with Gasteiger partial charge in [0.1, 0.15) is 6.04 Å². The lowest BCUT2D eigenvalue weighted by atomic mass is 9.94. The molecule has 5 nitrogen and oxygen atoms in total. The zero-order valence-electron chi connectivity index (χ0n) is 14.9. The summed E-state index contributed by atoms with van der Waals surface area (Å²) in [6, 6.07) is 15.4. The van der Waals surface area contributed by atoms with Crippen LogP contribution in [0, 0.1) is 0 Å². The van der Waals surface area contributed by atoms with E-state index in [1.165, 1.54) is 0 Å². The summed E-state index contributed by atoms with van der Waals surface area (Å²) >= 11 is 0. The van der Waals surface area contributed by atoms with Crippen LogP contribution >= 0.6 is 0 Å². The average Bonchev–Trinajstić information content (AvgIpc) is 2.71. The van der Waals surface area contributed by atoms with Crippen LogP contribution in [0.5, 0.6) is 0 Å². The maximum absolute atomic E-state index is 11.4. The molecule has 0 aliphatic carbocycles. The van der Waals surface area contributed by atoms with E-state index in [2.05, 4.69) is 21.4 Å². The third kappa shape index (κ3) is 3.13. The fraction of sp³-hybridized carbons (Fsp3) is 0.136. The minimum atomic E-state index is -0.854. The summed E-state index contributed by atoms with van der Waals surface area (Å²) in [7, 11) is 1.67. The molecular weight excluding hydrogens is 338 g/mol. The maximum atomic E-state index is 11.4. The van der Waals surface area contributed by atoms with Crippen molar-refractivity contribution in [3.63, 3.8) is 0 Å². The van der Waals surface area contributed by atoms with Crippen molar-refractivity contribution >= 4 is 27.5 Å². The zero-order chi connectivity index (χ0) is 18.8. The Hall–Kier alpha value is -3.31. The molecule has 0 radical (unpaired) electrons. The van der Waals surface area contributed by atoms with Gasteiger partial charge in [-0.05, 0) is 47.3 Å². The standard InChI is InChI=1S/C22H19N3O2/c1-23-20(22(26)27)12-15-4-2-6-17-16(15)5-3-7-18(17)21-19-13-24-10-8-14(19)9-11-25-21/h2-11,13,20,23H,12H2,1H3,(H,26,27). The molecule has 27 heavy (non-hydrogen) atoms. The van der Waals surface area contributed by atoms with Crippen LogP contribution < -0.4 is 5.32 Å². The summed E-state index contributed by atoms with van der Waals surface area (Å²) in [6.07, 6.45) is 5.83. The van der Waals surface area contributed by atoms with Crippen LogP contribution in [0.25, 0.3) is 32.8 Å². The number of benzene rings is 2. The first-order valence-corrected chi connectivity index (χ1v) is 8.79. The number of likely N-dealkylation sites (N-methyl/N-ethyl adjacent to an activating group) is 1. The van der Waals surface area contributed by atoms with Gasteiger partial charge in [-0.15, -0.1) is 0 Å². The van der Waals surface area contributed by atoms with Gasteiger partial charge in [0.2, 0.25) is 0 Å². The number of aromatic nitrogens is 2. The highest BCUT2D eigenvalue weighted by molar-refractivity contribution is 6.04. The first kappa shape index (κ1) is 17.1. The van der Waals surface area contributed by atoms with Gasteiger partial charge >= 0.3 is 5.97 Å². The zero-order valence-corrected chi connectivity index (χ0v) is 14.9. The molecule has 134 valence electrons. The van der Waals surface area contributed by atoms with Crippen molar-refractivity contribution < 1.29 is 9.90 Å². The van der Waals surface area contributed by atoms with Crippen molar-refractivity contribution in [2.24, 2.45) is 0 Å². The molecule has 0 aliphatic heterocycles. The predicted molar refractivity (Wildman–Crippen MR) is 107 cm³/mol. The number of nitrogens with one attached hydrogen (secondary N) is 1. The second-order valence-corrected chi connectivity index (χ2v) is 6.46. The Morgan fingerprint density at radius 3 is 2.63 bits per heavy atom. The molecule has 2 heterocycles. The van der Waals surface area contributed by atoms with Gasteiger partial charge in [0.25, 0.3) is 0 Å². The summed E-state index contributed by atoms with van der Waals surface area (Å²) in [5, 5.41) is 16.4. The Kier molecular flexibility index (Phi) is 4.52. The van der Waals surface area contributed by atoms with E-state index >= 15 is 0 Å². The van der Waals surface area contributed by atoms with Crippen LogP contribution in [0.1, 0.15) is 5.56 Å². The molecular formula is C22H19N3O2. The van der Waals surface area contributed by atoms with Gasteiger partial charge in [-0.2, -0.15) is 0 Å². The highest BCUT2D eigenvalue weighted by Gasteiger charge is 2.17. The van der Waals surface area contributed by atoms with Crippen molar-refractivity contribution in [3.8, 4) is 11.3 Å². The number of carboxylic acid groups (broad SMARTS) is 1. The molecule has 0 saturated carbocycles. The molecule has 2 aromatic heterocycles. The Labute approximate surface area is 156 Å². The number of aliphatic carboxylic acids is 1. The monoisotopic (exact) mass is 357 g/mol. The highest BCUT2D eigenvalue weighted by atomic mass is 16.4. The average molecular weight is 357 g/mol. The van der Waals surface area contributed by atoms with E-state index in [1.807, 2.05) is 54.9 Å². The summed E-state index contributed by atoms with van der Waals surface area (Å²) in [6.45, 7) is 0. The molecule has 0 spiro atoms. The van der Waals surface area contributed by atoms with E-state index in [0.29, 0.717) is 6.42 Å². The van der Waals surface area contributed by atoms with Crippen molar-refractivity contribution in [3.05, 3.63) is 72.7 Å². The molecule has 4 aromatic rings. The minimum Gasteiger partial charge on any atom is -0.480 e. The quantitative estimate of drug-likeness (QED) is 0.570. The second kappa shape index (κ2) is 7.13. The lowest BCUT2D eigenvalue weighted by Gasteiger charge is -2.15. The third-order valence-corrected chi connectivity index (χ3v) is 4.91. The molecule has 0 amide bonds. The molecule has 4 rings (SSSR count). The van der Waals surface area contributed by atoms with Gasteiger partial charge in [-0.3, -0.25) is 14.8 Å². The van der Waals surface area contributed by atoms with Gasteiger partial charge in [-0.1, -0.05) is 36.4 Å². The van der Waals surface area contributed by atoms with Crippen molar-refractivity contribution in [1.82, 2.24) is 15.3 Å². The van der Waals surface area contributed by atoms with E-state index in [4.69, 9.17) is 0 Å². The maximum Gasteiger partial charge on any atom is 0.321 e. The molecule has 1 unspecified atom stereocenters. The van der Waals surface area contributed by atoms with Crippen molar-refractivity contribution in [2.75, 3.05) is 7.05 Å². The van der Waals surface area contributed by atoms with Crippen LogP contribution in [0.15, 0.2) is 67.1 Å². The normalized spacial score (nSPS) is 12.3. The number of fused-ring (bicyclic) bond motifs is 2. The molecule has 1 atom stereocenters. The molecule has 5 heteroatoms. The van der Waals surface area contributed by atoms with E-state index in [9.17, 15) is 9.90 Å². The van der Waals surface area contributed by atoms with Crippen LogP contribution in [-0.2, 0) is 11.2 Å². The molecule has 0 saturated heterocycles. The number of carboxylic acids is 1. The van der Waals surface area contributed by atoms with Crippen LogP contribution in [0.2, 0.25) is 0 Å². The molecule has 0 bridgehead atoms. The Bertz CT molecular complexity index is 1140. The highest BCUT2D eigenvalue weighted by Crippen LogP contribution is 2.33. The van der Waals surface area contributed by atoms with Crippen molar-refractivity contribution in [2.45, 2.75) is 12.5 Å². The van der Waals surface area contributed by atoms with Crippen LogP contribution in [0.4, 0.5) is 0 Å². The van der Waals surface area contributed by atoms with Crippen LogP contribution in [0.3, 0.4) is 0 Å². The molecule has 2 N–H and O–H groups in total. The number of pyridine rings is 2. The van der Waals surface area contributed by atoms with Crippen LogP contribution in [-0.4, -0.2) is 34.1 Å². The Balaban J connectivity index is 1.91. The third-order valence-electron chi connectivity index (χ3n) is 4.91. The van der Waals surface area contributed by atoms with Gasteiger partial charge in [0.15, 0.2) is 0 Å². The van der Waals surface area contributed by atoms with Gasteiger partial charge < -0.3 is 10.4 Å². The van der Waals surface area contributed by atoms with E-state index in [0.717, 1.165) is 38.4 Å². The van der Waals surface area contributed by atoms with Gasteiger partial charge in [0.05, 0.1) is 5.69 Å². The van der Waals surface area contributed by atoms with Crippen molar-refractivity contribution in [1.29, 1.82) is 0 Å². The van der Waals surface area contributed by atoms with E-state index in [-0.39, 0.29) is 0 Å². The number of rotatable bonds is 5.